The van der Waals surface area contributed by atoms with Crippen molar-refractivity contribution in [3.05, 3.63) is 35.8 Å². The second-order valence-corrected chi connectivity index (χ2v) is 13.1. The van der Waals surface area contributed by atoms with Crippen LogP contribution in [0.2, 0.25) is 0 Å². The Hall–Kier alpha value is -3.14. The van der Waals surface area contributed by atoms with E-state index >= 15 is 0 Å². The van der Waals surface area contributed by atoms with Crippen LogP contribution >= 0.6 is 0 Å². The molecule has 2 aromatic rings. The van der Waals surface area contributed by atoms with Crippen molar-refractivity contribution in [1.82, 2.24) is 24.1 Å². The number of unbranched alkanes of at least 4 members (excludes halogenated alkanes) is 1. The number of imidazole rings is 1. The van der Waals surface area contributed by atoms with E-state index in [2.05, 4.69) is 13.8 Å². The number of methoxy groups -OCH3 is 1. The number of carbonyl (C=O) groups is 3. The van der Waals surface area contributed by atoms with E-state index in [-0.39, 0.29) is 23.8 Å². The Labute approximate surface area is 250 Å². The summed E-state index contributed by atoms with van der Waals surface area (Å²) in [6.07, 6.45) is 6.44. The molecule has 2 aliphatic rings. The second kappa shape index (κ2) is 13.9. The Morgan fingerprint density at radius 3 is 2.48 bits per heavy atom. The first-order valence-corrected chi connectivity index (χ1v) is 15.5. The SMILES string of the molecule is COCCCCc1c(C(=O)N(CC(C)C)[C@H]2C[C@@H](C(=O)N3CCCC3)CN(C(=O)OC(C)(C)C)C2)nc2ccccn12. The molecular weight excluding hydrogens is 534 g/mol. The number of piperidine rings is 1. The van der Waals surface area contributed by atoms with Gasteiger partial charge in [0, 0.05) is 52.6 Å². The highest BCUT2D eigenvalue weighted by molar-refractivity contribution is 5.95. The third-order valence-corrected chi connectivity index (χ3v) is 7.95. The molecule has 232 valence electrons. The van der Waals surface area contributed by atoms with Gasteiger partial charge in [0.25, 0.3) is 5.91 Å². The molecule has 2 aliphatic heterocycles. The molecule has 2 aromatic heterocycles. The summed E-state index contributed by atoms with van der Waals surface area (Å²) in [5.41, 5.74) is 1.38. The Kier molecular flexibility index (Phi) is 10.5. The predicted octanol–water partition coefficient (Wildman–Crippen LogP) is 4.65. The summed E-state index contributed by atoms with van der Waals surface area (Å²) in [7, 11) is 1.69. The largest absolute Gasteiger partial charge is 0.444 e. The summed E-state index contributed by atoms with van der Waals surface area (Å²) >= 11 is 0. The maximum Gasteiger partial charge on any atom is 0.410 e. The average molecular weight is 584 g/mol. The summed E-state index contributed by atoms with van der Waals surface area (Å²) in [6.45, 7) is 12.9. The molecule has 0 N–H and O–H groups in total. The van der Waals surface area contributed by atoms with Gasteiger partial charge in [-0.25, -0.2) is 9.78 Å². The van der Waals surface area contributed by atoms with Crippen LogP contribution in [0.5, 0.6) is 0 Å². The van der Waals surface area contributed by atoms with Crippen molar-refractivity contribution in [3.63, 3.8) is 0 Å². The first-order chi connectivity index (χ1) is 20.0. The highest BCUT2D eigenvalue weighted by atomic mass is 16.6. The average Bonchev–Trinajstić information content (AvgIpc) is 3.61. The first-order valence-electron chi connectivity index (χ1n) is 15.5. The molecule has 2 saturated heterocycles. The standard InChI is InChI=1S/C32H49N5O5/c1-23(2)20-37(30(39)28-26(13-8-12-18-41-6)36-17-9-7-14-27(36)33-28)25-19-24(29(38)34-15-10-11-16-34)21-35(22-25)31(40)42-32(3,4)5/h7,9,14,17,23-25H,8,10-13,15-16,18-22H2,1-6H3/t24-,25+/m1/s1. The van der Waals surface area contributed by atoms with E-state index in [1.54, 1.807) is 12.0 Å². The molecule has 4 heterocycles. The molecular formula is C32H49N5O5. The Morgan fingerprint density at radius 1 is 1.07 bits per heavy atom. The molecule has 4 rings (SSSR count). The topological polar surface area (TPSA) is 96.7 Å². The van der Waals surface area contributed by atoms with Crippen molar-refractivity contribution >= 4 is 23.6 Å². The van der Waals surface area contributed by atoms with Gasteiger partial charge in [-0.3, -0.25) is 9.59 Å². The van der Waals surface area contributed by atoms with Crippen molar-refractivity contribution in [3.8, 4) is 0 Å². The molecule has 10 heteroatoms. The lowest BCUT2D eigenvalue weighted by molar-refractivity contribution is -0.137. The highest BCUT2D eigenvalue weighted by Gasteiger charge is 2.42. The number of fused-ring (bicyclic) bond motifs is 1. The Morgan fingerprint density at radius 2 is 1.81 bits per heavy atom. The zero-order chi connectivity index (χ0) is 30.4. The van der Waals surface area contributed by atoms with E-state index in [4.69, 9.17) is 14.5 Å². The monoisotopic (exact) mass is 583 g/mol. The number of ether oxygens (including phenoxy) is 2. The van der Waals surface area contributed by atoms with Gasteiger partial charge in [0.1, 0.15) is 11.2 Å². The molecule has 10 nitrogen and oxygen atoms in total. The van der Waals surface area contributed by atoms with E-state index < -0.39 is 17.6 Å². The summed E-state index contributed by atoms with van der Waals surface area (Å²) in [5.74, 6) is -0.306. The van der Waals surface area contributed by atoms with Crippen molar-refractivity contribution < 1.29 is 23.9 Å². The maximum absolute atomic E-state index is 14.5. The van der Waals surface area contributed by atoms with E-state index in [1.807, 2.05) is 59.4 Å². The Bertz CT molecular complexity index is 1230. The highest BCUT2D eigenvalue weighted by Crippen LogP contribution is 2.29. The molecule has 0 aromatic carbocycles. The van der Waals surface area contributed by atoms with Crippen LogP contribution in [0.25, 0.3) is 5.65 Å². The normalized spacial score (nSPS) is 19.5. The molecule has 0 unspecified atom stereocenters. The van der Waals surface area contributed by atoms with Crippen LogP contribution in [-0.2, 0) is 20.7 Å². The molecule has 0 saturated carbocycles. The minimum Gasteiger partial charge on any atom is -0.444 e. The quantitative estimate of drug-likeness (QED) is 0.378. The molecule has 0 spiro atoms. The first kappa shape index (κ1) is 31.8. The maximum atomic E-state index is 14.5. The van der Waals surface area contributed by atoms with Crippen LogP contribution < -0.4 is 0 Å². The van der Waals surface area contributed by atoms with Crippen LogP contribution in [0.1, 0.15) is 82.9 Å². The van der Waals surface area contributed by atoms with Crippen LogP contribution in [-0.4, -0.2) is 100 Å². The molecule has 42 heavy (non-hydrogen) atoms. The number of pyridine rings is 1. The minimum atomic E-state index is -0.666. The van der Waals surface area contributed by atoms with Gasteiger partial charge < -0.3 is 28.6 Å². The van der Waals surface area contributed by atoms with Gasteiger partial charge in [-0.05, 0) is 77.3 Å². The lowest BCUT2D eigenvalue weighted by atomic mass is 9.91. The summed E-state index contributed by atoms with van der Waals surface area (Å²) < 4.78 is 13.0. The van der Waals surface area contributed by atoms with Crippen LogP contribution in [0.3, 0.4) is 0 Å². The molecule has 0 bridgehead atoms. The molecule has 2 atom stereocenters. The third-order valence-electron chi connectivity index (χ3n) is 7.95. The van der Waals surface area contributed by atoms with Crippen molar-refractivity contribution in [2.24, 2.45) is 11.8 Å². The fraction of sp³-hybridized carbons (Fsp3) is 0.688. The van der Waals surface area contributed by atoms with E-state index in [0.717, 1.165) is 50.1 Å². The minimum absolute atomic E-state index is 0.0641. The van der Waals surface area contributed by atoms with Crippen LogP contribution in [0.4, 0.5) is 4.79 Å². The van der Waals surface area contributed by atoms with E-state index in [0.29, 0.717) is 44.8 Å². The molecule has 0 radical (unpaired) electrons. The smallest absolute Gasteiger partial charge is 0.410 e. The number of carbonyl (C=O) groups excluding carboxylic acids is 3. The number of aryl methyl sites for hydroxylation is 1. The second-order valence-electron chi connectivity index (χ2n) is 13.1. The van der Waals surface area contributed by atoms with Gasteiger partial charge in [0.05, 0.1) is 17.7 Å². The fourth-order valence-electron chi connectivity index (χ4n) is 6.07. The van der Waals surface area contributed by atoms with Crippen LogP contribution in [0.15, 0.2) is 24.4 Å². The lowest BCUT2D eigenvalue weighted by Gasteiger charge is -2.43. The summed E-state index contributed by atoms with van der Waals surface area (Å²) in [4.78, 5) is 51.7. The van der Waals surface area contributed by atoms with E-state index in [9.17, 15) is 14.4 Å². The fourth-order valence-corrected chi connectivity index (χ4v) is 6.07. The van der Waals surface area contributed by atoms with Gasteiger partial charge in [-0.2, -0.15) is 0 Å². The van der Waals surface area contributed by atoms with Gasteiger partial charge in [0.15, 0.2) is 5.69 Å². The lowest BCUT2D eigenvalue weighted by Crippen LogP contribution is -2.58. The van der Waals surface area contributed by atoms with Crippen LogP contribution in [0, 0.1) is 11.8 Å². The number of aromatic nitrogens is 2. The number of likely N-dealkylation sites (tertiary alicyclic amines) is 2. The van der Waals surface area contributed by atoms with E-state index in [1.165, 1.54) is 0 Å². The van der Waals surface area contributed by atoms with Crippen molar-refractivity contribution in [2.45, 2.75) is 84.8 Å². The summed E-state index contributed by atoms with van der Waals surface area (Å²) in [6, 6.07) is 5.44. The molecule has 0 aliphatic carbocycles. The zero-order valence-corrected chi connectivity index (χ0v) is 26.3. The number of rotatable bonds is 10. The predicted molar refractivity (Wildman–Crippen MR) is 161 cm³/mol. The van der Waals surface area contributed by atoms with Crippen molar-refractivity contribution in [1.29, 1.82) is 0 Å². The van der Waals surface area contributed by atoms with Gasteiger partial charge >= 0.3 is 6.09 Å². The number of hydrogen-bond donors (Lipinski definition) is 0. The number of amides is 3. The molecule has 3 amide bonds. The third kappa shape index (κ3) is 7.82. The Balaban J connectivity index is 1.68. The van der Waals surface area contributed by atoms with Gasteiger partial charge in [0.2, 0.25) is 5.91 Å². The number of nitrogens with zero attached hydrogens (tertiary/aromatic N) is 5. The molecule has 2 fully saturated rings. The zero-order valence-electron chi connectivity index (χ0n) is 26.3. The summed E-state index contributed by atoms with van der Waals surface area (Å²) in [5, 5.41) is 0. The number of hydrogen-bond acceptors (Lipinski definition) is 6. The van der Waals surface area contributed by atoms with Crippen molar-refractivity contribution in [2.75, 3.05) is 46.4 Å². The van der Waals surface area contributed by atoms with Gasteiger partial charge in [-0.1, -0.05) is 19.9 Å². The van der Waals surface area contributed by atoms with Gasteiger partial charge in [-0.15, -0.1) is 0 Å².